The van der Waals surface area contributed by atoms with Gasteiger partial charge in [0.05, 0.1) is 7.11 Å². The maximum Gasteiger partial charge on any atom is 0.171 e. The van der Waals surface area contributed by atoms with Gasteiger partial charge in [-0.2, -0.15) is 0 Å². The smallest absolute Gasteiger partial charge is 0.171 e. The summed E-state index contributed by atoms with van der Waals surface area (Å²) in [4.78, 5) is 0. The Labute approximate surface area is 156 Å². The second-order valence-corrected chi connectivity index (χ2v) is 6.37. The van der Waals surface area contributed by atoms with Gasteiger partial charge in [0.2, 0.25) is 0 Å². The molecule has 0 radical (unpaired) electrons. The molecule has 0 aliphatic rings. The Morgan fingerprint density at radius 3 is 2.54 bits per heavy atom. The van der Waals surface area contributed by atoms with Gasteiger partial charge >= 0.3 is 0 Å². The first-order valence-electron chi connectivity index (χ1n) is 8.32. The second-order valence-electron chi connectivity index (χ2n) is 5.96. The Balaban J connectivity index is 1.44. The molecule has 2 N–H and O–H groups in total. The van der Waals surface area contributed by atoms with Crippen LogP contribution in [0.15, 0.2) is 71.1 Å². The van der Waals surface area contributed by atoms with Gasteiger partial charge < -0.3 is 19.8 Å². The molecule has 0 unspecified atom stereocenters. The molecule has 0 aliphatic carbocycles. The highest BCUT2D eigenvalue weighted by Gasteiger charge is 2.07. The molecule has 0 saturated heterocycles. The van der Waals surface area contributed by atoms with Crippen molar-refractivity contribution in [3.05, 3.63) is 72.3 Å². The number of ether oxygens (including phenoxy) is 1. The average Bonchev–Trinajstić information content (AvgIpc) is 3.04. The zero-order valence-electron chi connectivity index (χ0n) is 14.3. The molecule has 0 bridgehead atoms. The first-order chi connectivity index (χ1) is 12.7. The largest absolute Gasteiger partial charge is 0.497 e. The third-order valence-corrected chi connectivity index (χ3v) is 4.50. The zero-order chi connectivity index (χ0) is 17.9. The lowest BCUT2D eigenvalue weighted by Gasteiger charge is -2.11. The SMILES string of the molecule is COc1ccc(CNC(=S)Nc2ccc3c(c2)oc2ccccc23)cc1. The number of methoxy groups -OCH3 is 1. The van der Waals surface area contributed by atoms with Crippen molar-refractivity contribution in [3.63, 3.8) is 0 Å². The van der Waals surface area contributed by atoms with Crippen molar-refractivity contribution >= 4 is 45.0 Å². The van der Waals surface area contributed by atoms with E-state index < -0.39 is 0 Å². The van der Waals surface area contributed by atoms with Gasteiger partial charge in [0.1, 0.15) is 16.9 Å². The van der Waals surface area contributed by atoms with E-state index in [9.17, 15) is 0 Å². The van der Waals surface area contributed by atoms with Gasteiger partial charge in [-0.25, -0.2) is 0 Å². The van der Waals surface area contributed by atoms with Crippen molar-refractivity contribution in [1.29, 1.82) is 0 Å². The number of para-hydroxylation sites is 1. The van der Waals surface area contributed by atoms with E-state index in [0.29, 0.717) is 11.7 Å². The van der Waals surface area contributed by atoms with Gasteiger partial charge in [-0.05, 0) is 48.1 Å². The predicted molar refractivity (Wildman–Crippen MR) is 110 cm³/mol. The molecule has 0 atom stereocenters. The van der Waals surface area contributed by atoms with Crippen LogP contribution in [0.25, 0.3) is 21.9 Å². The van der Waals surface area contributed by atoms with E-state index in [1.165, 1.54) is 0 Å². The number of benzene rings is 3. The fourth-order valence-corrected chi connectivity index (χ4v) is 3.09. The van der Waals surface area contributed by atoms with Gasteiger partial charge in [-0.15, -0.1) is 0 Å². The summed E-state index contributed by atoms with van der Waals surface area (Å²) in [5, 5.41) is 9.20. The minimum atomic E-state index is 0.566. The Kier molecular flexibility index (Phi) is 4.46. The summed E-state index contributed by atoms with van der Waals surface area (Å²) >= 11 is 5.39. The predicted octanol–water partition coefficient (Wildman–Crippen LogP) is 5.08. The number of anilines is 1. The van der Waals surface area contributed by atoms with Crippen molar-refractivity contribution in [3.8, 4) is 5.75 Å². The fourth-order valence-electron chi connectivity index (χ4n) is 2.90. The van der Waals surface area contributed by atoms with Crippen LogP contribution in [0.2, 0.25) is 0 Å². The van der Waals surface area contributed by atoms with Gasteiger partial charge in [0.15, 0.2) is 5.11 Å². The van der Waals surface area contributed by atoms with E-state index in [2.05, 4.69) is 22.8 Å². The van der Waals surface area contributed by atoms with E-state index in [1.807, 2.05) is 54.6 Å². The van der Waals surface area contributed by atoms with Gasteiger partial charge in [-0.3, -0.25) is 0 Å². The average molecular weight is 362 g/mol. The summed E-state index contributed by atoms with van der Waals surface area (Å²) in [6, 6.07) is 21.9. The number of rotatable bonds is 4. The molecule has 1 heterocycles. The number of hydrogen-bond donors (Lipinski definition) is 2. The maximum atomic E-state index is 5.91. The highest BCUT2D eigenvalue weighted by molar-refractivity contribution is 7.80. The van der Waals surface area contributed by atoms with E-state index >= 15 is 0 Å². The molecular formula is C21H18N2O2S. The standard InChI is InChI=1S/C21H18N2O2S/c1-24-16-9-6-14(7-10-16)13-22-21(26)23-15-8-11-18-17-4-2-3-5-19(17)25-20(18)12-15/h2-12H,13H2,1H3,(H2,22,23,26). The van der Waals surface area contributed by atoms with E-state index in [-0.39, 0.29) is 0 Å². The first-order valence-corrected chi connectivity index (χ1v) is 8.73. The summed E-state index contributed by atoms with van der Waals surface area (Å²) in [5.74, 6) is 0.841. The Hall–Kier alpha value is -3.05. The van der Waals surface area contributed by atoms with E-state index in [0.717, 1.165) is 38.9 Å². The zero-order valence-corrected chi connectivity index (χ0v) is 15.1. The van der Waals surface area contributed by atoms with Crippen LogP contribution in [0.5, 0.6) is 5.75 Å². The molecule has 4 rings (SSSR count). The Morgan fingerprint density at radius 1 is 0.962 bits per heavy atom. The lowest BCUT2D eigenvalue weighted by atomic mass is 10.1. The minimum absolute atomic E-state index is 0.566. The van der Waals surface area contributed by atoms with Crippen LogP contribution in [-0.4, -0.2) is 12.2 Å². The fraction of sp³-hybridized carbons (Fsp3) is 0.0952. The summed E-state index contributed by atoms with van der Waals surface area (Å²) in [6.45, 7) is 0.642. The lowest BCUT2D eigenvalue weighted by molar-refractivity contribution is 0.414. The van der Waals surface area contributed by atoms with Crippen molar-refractivity contribution in [2.24, 2.45) is 0 Å². The first kappa shape index (κ1) is 16.4. The lowest BCUT2D eigenvalue weighted by Crippen LogP contribution is -2.27. The molecule has 26 heavy (non-hydrogen) atoms. The number of thiocarbonyl (C=S) groups is 1. The van der Waals surface area contributed by atoms with Crippen LogP contribution in [0.3, 0.4) is 0 Å². The van der Waals surface area contributed by atoms with Crippen molar-refractivity contribution in [2.45, 2.75) is 6.54 Å². The number of furan rings is 1. The summed E-state index contributed by atoms with van der Waals surface area (Å²) in [5.41, 5.74) is 3.75. The maximum absolute atomic E-state index is 5.91. The molecule has 0 aliphatic heterocycles. The third-order valence-electron chi connectivity index (χ3n) is 4.25. The second kappa shape index (κ2) is 7.06. The molecule has 130 valence electrons. The van der Waals surface area contributed by atoms with Crippen LogP contribution >= 0.6 is 12.2 Å². The molecule has 0 spiro atoms. The normalized spacial score (nSPS) is 10.8. The monoisotopic (exact) mass is 362 g/mol. The molecule has 0 amide bonds. The molecule has 3 aromatic carbocycles. The highest BCUT2D eigenvalue weighted by atomic mass is 32.1. The molecule has 4 aromatic rings. The summed E-state index contributed by atoms with van der Waals surface area (Å²) in [6.07, 6.45) is 0. The van der Waals surface area contributed by atoms with Crippen LogP contribution < -0.4 is 15.4 Å². The Bertz CT molecular complexity index is 1070. The molecule has 4 nitrogen and oxygen atoms in total. The highest BCUT2D eigenvalue weighted by Crippen LogP contribution is 2.30. The van der Waals surface area contributed by atoms with E-state index in [4.69, 9.17) is 21.4 Å². The topological polar surface area (TPSA) is 46.4 Å². The molecule has 0 saturated carbocycles. The van der Waals surface area contributed by atoms with Crippen molar-refractivity contribution in [1.82, 2.24) is 5.32 Å². The molecule has 0 fully saturated rings. The van der Waals surface area contributed by atoms with Gasteiger partial charge in [0, 0.05) is 29.1 Å². The van der Waals surface area contributed by atoms with Crippen LogP contribution in [-0.2, 0) is 6.54 Å². The minimum Gasteiger partial charge on any atom is -0.497 e. The summed E-state index contributed by atoms with van der Waals surface area (Å²) < 4.78 is 11.1. The van der Waals surface area contributed by atoms with Crippen LogP contribution in [0.1, 0.15) is 5.56 Å². The van der Waals surface area contributed by atoms with Gasteiger partial charge in [0.25, 0.3) is 0 Å². The number of nitrogens with one attached hydrogen (secondary N) is 2. The quantitative estimate of drug-likeness (QED) is 0.496. The number of hydrogen-bond acceptors (Lipinski definition) is 3. The molecular weight excluding hydrogens is 344 g/mol. The summed E-state index contributed by atoms with van der Waals surface area (Å²) in [7, 11) is 1.66. The van der Waals surface area contributed by atoms with Crippen LogP contribution in [0, 0.1) is 0 Å². The Morgan fingerprint density at radius 2 is 1.73 bits per heavy atom. The van der Waals surface area contributed by atoms with Crippen molar-refractivity contribution in [2.75, 3.05) is 12.4 Å². The molecule has 1 aromatic heterocycles. The van der Waals surface area contributed by atoms with Gasteiger partial charge in [-0.1, -0.05) is 30.3 Å². The number of fused-ring (bicyclic) bond motifs is 3. The van der Waals surface area contributed by atoms with Crippen LogP contribution in [0.4, 0.5) is 5.69 Å². The molecule has 5 heteroatoms. The third kappa shape index (κ3) is 3.34. The van der Waals surface area contributed by atoms with Crippen molar-refractivity contribution < 1.29 is 9.15 Å². The van der Waals surface area contributed by atoms with E-state index in [1.54, 1.807) is 7.11 Å².